The Kier molecular flexibility index (Phi) is 9.03. The van der Waals surface area contributed by atoms with Crippen molar-refractivity contribution >= 4 is 35.9 Å². The SMILES string of the molecule is CCOC(=O)/C=C/c1cc([N+](=O)[O-])cc(/C=C/C(=O)OCC)c1OC(=O)N(C)C. The average molecular weight is 406 g/mol. The van der Waals surface area contributed by atoms with Crippen LogP contribution in [-0.2, 0) is 19.1 Å². The lowest BCUT2D eigenvalue weighted by atomic mass is 10.1. The number of nitrogens with zero attached hydrogens (tertiary/aromatic N) is 2. The molecule has 0 heterocycles. The lowest BCUT2D eigenvalue weighted by Crippen LogP contribution is -2.26. The van der Waals surface area contributed by atoms with Gasteiger partial charge in [0.2, 0.25) is 0 Å². The predicted octanol–water partition coefficient (Wildman–Crippen LogP) is 2.81. The summed E-state index contributed by atoms with van der Waals surface area (Å²) < 4.78 is 14.9. The van der Waals surface area contributed by atoms with Crippen LogP contribution in [0, 0.1) is 10.1 Å². The number of carbonyl (C=O) groups excluding carboxylic acids is 3. The zero-order valence-electron chi connectivity index (χ0n) is 16.5. The Labute approximate surface area is 167 Å². The van der Waals surface area contributed by atoms with Gasteiger partial charge in [-0.3, -0.25) is 10.1 Å². The molecule has 0 aliphatic rings. The van der Waals surface area contributed by atoms with Crippen LogP contribution in [0.5, 0.6) is 5.75 Å². The number of ether oxygens (including phenoxy) is 3. The molecule has 1 rings (SSSR count). The van der Waals surface area contributed by atoms with Crippen molar-refractivity contribution in [3.8, 4) is 5.75 Å². The fraction of sp³-hybridized carbons (Fsp3) is 0.316. The smallest absolute Gasteiger partial charge is 0.414 e. The van der Waals surface area contributed by atoms with Crippen LogP contribution < -0.4 is 4.74 Å². The molecule has 156 valence electrons. The van der Waals surface area contributed by atoms with E-state index >= 15 is 0 Å². The Morgan fingerprint density at radius 3 is 1.79 bits per heavy atom. The van der Waals surface area contributed by atoms with E-state index in [2.05, 4.69) is 0 Å². The molecule has 1 aromatic rings. The summed E-state index contributed by atoms with van der Waals surface area (Å²) in [6.45, 7) is 3.55. The summed E-state index contributed by atoms with van der Waals surface area (Å²) in [6, 6.07) is 2.27. The number of amides is 1. The highest BCUT2D eigenvalue weighted by atomic mass is 16.6. The van der Waals surface area contributed by atoms with Gasteiger partial charge in [-0.2, -0.15) is 0 Å². The molecular weight excluding hydrogens is 384 g/mol. The molecule has 1 aromatic carbocycles. The number of hydrogen-bond donors (Lipinski definition) is 0. The Bertz CT molecular complexity index is 794. The highest BCUT2D eigenvalue weighted by molar-refractivity contribution is 5.91. The second kappa shape index (κ2) is 11.2. The van der Waals surface area contributed by atoms with Gasteiger partial charge in [-0.25, -0.2) is 14.4 Å². The van der Waals surface area contributed by atoms with Crippen molar-refractivity contribution in [2.75, 3.05) is 27.3 Å². The molecule has 0 unspecified atom stereocenters. The van der Waals surface area contributed by atoms with Crippen LogP contribution in [0.15, 0.2) is 24.3 Å². The van der Waals surface area contributed by atoms with Crippen molar-refractivity contribution in [2.45, 2.75) is 13.8 Å². The number of nitro benzene ring substituents is 1. The Morgan fingerprint density at radius 2 is 1.45 bits per heavy atom. The summed E-state index contributed by atoms with van der Waals surface area (Å²) in [5, 5.41) is 11.3. The van der Waals surface area contributed by atoms with E-state index in [0.29, 0.717) is 0 Å². The maximum Gasteiger partial charge on any atom is 0.414 e. The van der Waals surface area contributed by atoms with E-state index in [1.54, 1.807) is 13.8 Å². The van der Waals surface area contributed by atoms with Crippen LogP contribution in [-0.4, -0.2) is 55.2 Å². The molecule has 0 aromatic heterocycles. The molecule has 29 heavy (non-hydrogen) atoms. The molecule has 10 heteroatoms. The molecule has 1 amide bonds. The molecule has 0 bridgehead atoms. The standard InChI is InChI=1S/C19H22N2O8/c1-5-27-16(22)9-7-13-11-15(21(25)26)12-14(8-10-17(23)28-6-2)18(13)29-19(24)20(3)4/h7-12H,5-6H2,1-4H3/b9-7+,10-8+. The Morgan fingerprint density at radius 1 is 1.00 bits per heavy atom. The summed E-state index contributed by atoms with van der Waals surface area (Å²) in [7, 11) is 2.91. The molecule has 0 saturated heterocycles. The number of carbonyl (C=O) groups is 3. The highest BCUT2D eigenvalue weighted by Crippen LogP contribution is 2.32. The molecule has 0 saturated carbocycles. The Hall–Kier alpha value is -3.69. The van der Waals surface area contributed by atoms with Gasteiger partial charge < -0.3 is 19.1 Å². The molecule has 0 fully saturated rings. The van der Waals surface area contributed by atoms with Crippen molar-refractivity contribution in [3.63, 3.8) is 0 Å². The summed E-state index contributed by atoms with van der Waals surface area (Å²) >= 11 is 0. The van der Waals surface area contributed by atoms with E-state index in [9.17, 15) is 24.5 Å². The molecule has 0 spiro atoms. The average Bonchev–Trinajstić information content (AvgIpc) is 2.65. The summed E-state index contributed by atoms with van der Waals surface area (Å²) in [6.07, 6.45) is 3.80. The topological polar surface area (TPSA) is 125 Å². The van der Waals surface area contributed by atoms with E-state index in [-0.39, 0.29) is 35.8 Å². The van der Waals surface area contributed by atoms with Crippen LogP contribution in [0.2, 0.25) is 0 Å². The number of hydrogen-bond acceptors (Lipinski definition) is 8. The lowest BCUT2D eigenvalue weighted by molar-refractivity contribution is -0.384. The first-order chi connectivity index (χ1) is 13.7. The van der Waals surface area contributed by atoms with Crippen molar-refractivity contribution in [1.82, 2.24) is 4.90 Å². The van der Waals surface area contributed by atoms with Gasteiger partial charge in [0.25, 0.3) is 5.69 Å². The molecule has 0 radical (unpaired) electrons. The zero-order chi connectivity index (χ0) is 22.0. The minimum Gasteiger partial charge on any atom is -0.463 e. The molecule has 0 aliphatic carbocycles. The van der Waals surface area contributed by atoms with Crippen molar-refractivity contribution in [1.29, 1.82) is 0 Å². The zero-order valence-corrected chi connectivity index (χ0v) is 16.5. The first kappa shape index (κ1) is 23.3. The second-order valence-electron chi connectivity index (χ2n) is 5.64. The van der Waals surface area contributed by atoms with Gasteiger partial charge in [0, 0.05) is 49.5 Å². The summed E-state index contributed by atoms with van der Waals surface area (Å²) in [5.41, 5.74) is -0.182. The van der Waals surface area contributed by atoms with Crippen molar-refractivity contribution in [3.05, 3.63) is 45.5 Å². The fourth-order valence-corrected chi connectivity index (χ4v) is 2.00. The van der Waals surface area contributed by atoms with Crippen LogP contribution in [0.4, 0.5) is 10.5 Å². The van der Waals surface area contributed by atoms with Crippen LogP contribution in [0.3, 0.4) is 0 Å². The quantitative estimate of drug-likeness (QED) is 0.279. The number of benzene rings is 1. The highest BCUT2D eigenvalue weighted by Gasteiger charge is 2.19. The Balaban J connectivity index is 3.55. The first-order valence-corrected chi connectivity index (χ1v) is 8.60. The van der Waals surface area contributed by atoms with Crippen molar-refractivity contribution in [2.24, 2.45) is 0 Å². The fourth-order valence-electron chi connectivity index (χ4n) is 2.00. The van der Waals surface area contributed by atoms with E-state index < -0.39 is 23.0 Å². The first-order valence-electron chi connectivity index (χ1n) is 8.60. The molecule has 0 atom stereocenters. The second-order valence-corrected chi connectivity index (χ2v) is 5.64. The van der Waals surface area contributed by atoms with Gasteiger partial charge in [-0.05, 0) is 26.0 Å². The lowest BCUT2D eigenvalue weighted by Gasteiger charge is -2.15. The van der Waals surface area contributed by atoms with Gasteiger partial charge in [0.05, 0.1) is 18.1 Å². The number of nitro groups is 1. The van der Waals surface area contributed by atoms with Gasteiger partial charge in [-0.1, -0.05) is 0 Å². The molecule has 0 aliphatic heterocycles. The third-order valence-corrected chi connectivity index (χ3v) is 3.27. The van der Waals surface area contributed by atoms with Gasteiger partial charge in [0.15, 0.2) is 0 Å². The van der Waals surface area contributed by atoms with Crippen molar-refractivity contribution < 1.29 is 33.5 Å². The van der Waals surface area contributed by atoms with Gasteiger partial charge >= 0.3 is 18.0 Å². The minimum absolute atomic E-state index is 0.0737. The molecular formula is C19H22N2O8. The largest absolute Gasteiger partial charge is 0.463 e. The van der Waals surface area contributed by atoms with Gasteiger partial charge in [-0.15, -0.1) is 0 Å². The third-order valence-electron chi connectivity index (χ3n) is 3.27. The number of esters is 2. The van der Waals surface area contributed by atoms with Crippen LogP contribution >= 0.6 is 0 Å². The maximum atomic E-state index is 12.1. The van der Waals surface area contributed by atoms with Crippen LogP contribution in [0.1, 0.15) is 25.0 Å². The van der Waals surface area contributed by atoms with Gasteiger partial charge in [0.1, 0.15) is 5.75 Å². The van der Waals surface area contributed by atoms with E-state index in [1.165, 1.54) is 26.2 Å². The van der Waals surface area contributed by atoms with E-state index in [0.717, 1.165) is 29.2 Å². The third kappa shape index (κ3) is 7.45. The molecule has 0 N–H and O–H groups in total. The molecule has 10 nitrogen and oxygen atoms in total. The van der Waals surface area contributed by atoms with Crippen LogP contribution in [0.25, 0.3) is 12.2 Å². The van der Waals surface area contributed by atoms with E-state index in [4.69, 9.17) is 14.2 Å². The monoisotopic (exact) mass is 406 g/mol. The normalized spacial score (nSPS) is 10.8. The maximum absolute atomic E-state index is 12.1. The van der Waals surface area contributed by atoms with E-state index in [1.807, 2.05) is 0 Å². The minimum atomic E-state index is -0.754. The predicted molar refractivity (Wildman–Crippen MR) is 104 cm³/mol. The number of rotatable bonds is 8. The number of non-ortho nitro benzene ring substituents is 1. The summed E-state index contributed by atoms with van der Waals surface area (Å²) in [4.78, 5) is 47.1. The summed E-state index contributed by atoms with van der Waals surface area (Å²) in [5.74, 6) is -1.42.